The van der Waals surface area contributed by atoms with E-state index in [0.29, 0.717) is 25.2 Å². The van der Waals surface area contributed by atoms with Gasteiger partial charge in [-0.15, -0.1) is 11.3 Å². The molecule has 2 heterocycles. The normalized spacial score (nSPS) is 13.3. The number of thiophene rings is 1. The number of fused-ring (bicyclic) bond motifs is 3. The number of aromatic nitrogens is 2. The van der Waals surface area contributed by atoms with Gasteiger partial charge in [0.15, 0.2) is 0 Å². The van der Waals surface area contributed by atoms with Crippen molar-refractivity contribution in [1.29, 1.82) is 0 Å². The van der Waals surface area contributed by atoms with Gasteiger partial charge < -0.3 is 14.8 Å². The fraction of sp³-hybridized carbons (Fsp3) is 0.435. The Hall–Kier alpha value is -2.67. The molecular weight excluding hydrogens is 396 g/mol. The molecule has 4 rings (SSSR count). The summed E-state index contributed by atoms with van der Waals surface area (Å²) in [6.07, 6.45) is 5.10. The van der Waals surface area contributed by atoms with Crippen LogP contribution in [0.3, 0.4) is 0 Å². The van der Waals surface area contributed by atoms with E-state index in [1.807, 2.05) is 38.2 Å². The number of aryl methyl sites for hydroxylation is 3. The van der Waals surface area contributed by atoms with Crippen LogP contribution in [0.25, 0.3) is 10.2 Å². The minimum atomic E-state index is -0.0591. The molecule has 0 radical (unpaired) electrons. The Labute approximate surface area is 180 Å². The molecule has 0 unspecified atom stereocenters. The average molecular weight is 425 g/mol. The molecule has 0 atom stereocenters. The number of nitrogens with zero attached hydrogens (tertiary/aromatic N) is 3. The first-order valence-electron chi connectivity index (χ1n) is 10.5. The third kappa shape index (κ3) is 4.26. The summed E-state index contributed by atoms with van der Waals surface area (Å²) in [6, 6.07) is 8.20. The zero-order valence-electron chi connectivity index (χ0n) is 17.8. The summed E-state index contributed by atoms with van der Waals surface area (Å²) in [5.41, 5.74) is 3.36. The number of hydrogen-bond acceptors (Lipinski definition) is 5. The summed E-state index contributed by atoms with van der Waals surface area (Å²) >= 11 is 1.64. The molecule has 7 heteroatoms. The number of aromatic amines is 1. The number of benzene rings is 1. The molecule has 1 aromatic carbocycles. The van der Waals surface area contributed by atoms with Crippen LogP contribution in [0, 0.1) is 0 Å². The lowest BCUT2D eigenvalue weighted by Crippen LogP contribution is -2.27. The van der Waals surface area contributed by atoms with Crippen LogP contribution in [0.4, 0.5) is 5.69 Å². The first-order chi connectivity index (χ1) is 14.4. The Morgan fingerprint density at radius 3 is 2.60 bits per heavy atom. The van der Waals surface area contributed by atoms with Crippen LogP contribution in [-0.2, 0) is 30.6 Å². The summed E-state index contributed by atoms with van der Waals surface area (Å²) in [5, 5.41) is 0.767. The molecule has 1 aliphatic carbocycles. The largest absolute Gasteiger partial charge is 0.378 e. The fourth-order valence-electron chi connectivity index (χ4n) is 4.00. The van der Waals surface area contributed by atoms with Crippen LogP contribution in [0.1, 0.15) is 41.1 Å². The molecule has 0 saturated heterocycles. The maximum Gasteiger partial charge on any atom is 0.259 e. The van der Waals surface area contributed by atoms with Crippen molar-refractivity contribution in [2.45, 2.75) is 45.1 Å². The van der Waals surface area contributed by atoms with E-state index in [0.717, 1.165) is 40.7 Å². The van der Waals surface area contributed by atoms with E-state index < -0.39 is 0 Å². The topological polar surface area (TPSA) is 69.3 Å². The first-order valence-corrected chi connectivity index (χ1v) is 11.3. The van der Waals surface area contributed by atoms with Crippen molar-refractivity contribution < 1.29 is 4.79 Å². The number of carbonyl (C=O) groups is 1. The lowest BCUT2D eigenvalue weighted by atomic mass is 9.97. The highest BCUT2D eigenvalue weighted by molar-refractivity contribution is 7.18. The summed E-state index contributed by atoms with van der Waals surface area (Å²) < 4.78 is 0. The number of hydrogen-bond donors (Lipinski definition) is 1. The van der Waals surface area contributed by atoms with Gasteiger partial charge in [0.05, 0.1) is 5.39 Å². The van der Waals surface area contributed by atoms with Gasteiger partial charge >= 0.3 is 0 Å². The predicted octanol–water partition coefficient (Wildman–Crippen LogP) is 3.52. The lowest BCUT2D eigenvalue weighted by Gasteiger charge is -2.18. The molecule has 2 aromatic heterocycles. The van der Waals surface area contributed by atoms with Gasteiger partial charge in [-0.2, -0.15) is 0 Å². The Kier molecular flexibility index (Phi) is 5.90. The first kappa shape index (κ1) is 20.6. The molecule has 1 aliphatic rings. The quantitative estimate of drug-likeness (QED) is 0.657. The van der Waals surface area contributed by atoms with Crippen molar-refractivity contribution in [3.05, 3.63) is 56.4 Å². The fourth-order valence-corrected chi connectivity index (χ4v) is 5.29. The van der Waals surface area contributed by atoms with Crippen LogP contribution in [0.5, 0.6) is 0 Å². The molecule has 6 nitrogen and oxygen atoms in total. The predicted molar refractivity (Wildman–Crippen MR) is 122 cm³/mol. The highest BCUT2D eigenvalue weighted by Crippen LogP contribution is 2.33. The molecule has 0 saturated carbocycles. The Bertz CT molecular complexity index is 1110. The summed E-state index contributed by atoms with van der Waals surface area (Å²) in [7, 11) is 5.83. The number of carbonyl (C=O) groups excluding carboxylic acids is 1. The van der Waals surface area contributed by atoms with E-state index in [9.17, 15) is 9.59 Å². The third-order valence-electron chi connectivity index (χ3n) is 5.75. The van der Waals surface area contributed by atoms with Gasteiger partial charge in [0, 0.05) is 51.1 Å². The molecule has 158 valence electrons. The minimum Gasteiger partial charge on any atom is -0.378 e. The average Bonchev–Trinajstić information content (AvgIpc) is 3.11. The van der Waals surface area contributed by atoms with Gasteiger partial charge in [0.25, 0.3) is 5.56 Å². The summed E-state index contributed by atoms with van der Waals surface area (Å²) in [4.78, 5) is 38.7. The number of amides is 1. The smallest absolute Gasteiger partial charge is 0.259 e. The number of nitrogens with one attached hydrogen (secondary N) is 1. The van der Waals surface area contributed by atoms with Crippen molar-refractivity contribution in [2.75, 3.05) is 26.0 Å². The maximum absolute atomic E-state index is 12.6. The molecule has 0 aliphatic heterocycles. The standard InChI is InChI=1S/C23H28N4O2S/c1-26(2)16-10-8-15(9-11-16)14-27(3)20(28)13-12-19-24-22(29)21-17-6-4-5-7-18(17)30-23(21)25-19/h8-11H,4-7,12-14H2,1-3H3,(H,24,25,29). The van der Waals surface area contributed by atoms with E-state index in [1.165, 1.54) is 16.9 Å². The molecular formula is C23H28N4O2S. The van der Waals surface area contributed by atoms with Crippen molar-refractivity contribution in [2.24, 2.45) is 0 Å². The zero-order chi connectivity index (χ0) is 21.3. The second-order valence-corrected chi connectivity index (χ2v) is 9.30. The monoisotopic (exact) mass is 424 g/mol. The molecule has 1 amide bonds. The molecule has 30 heavy (non-hydrogen) atoms. The van der Waals surface area contributed by atoms with E-state index >= 15 is 0 Å². The van der Waals surface area contributed by atoms with E-state index in [1.54, 1.807) is 16.2 Å². The van der Waals surface area contributed by atoms with Gasteiger partial charge in [-0.1, -0.05) is 12.1 Å². The third-order valence-corrected chi connectivity index (χ3v) is 6.93. The number of anilines is 1. The Morgan fingerprint density at radius 2 is 1.87 bits per heavy atom. The van der Waals surface area contributed by atoms with Crippen molar-refractivity contribution >= 4 is 33.1 Å². The van der Waals surface area contributed by atoms with Crippen LogP contribution < -0.4 is 10.5 Å². The van der Waals surface area contributed by atoms with Crippen LogP contribution in [-0.4, -0.2) is 41.9 Å². The summed E-state index contributed by atoms with van der Waals surface area (Å²) in [6.45, 7) is 0.563. The van der Waals surface area contributed by atoms with E-state index in [4.69, 9.17) is 0 Å². The minimum absolute atomic E-state index is 0.0416. The second kappa shape index (κ2) is 8.60. The molecule has 0 spiro atoms. The van der Waals surface area contributed by atoms with Gasteiger partial charge in [-0.25, -0.2) is 4.98 Å². The van der Waals surface area contributed by atoms with Crippen LogP contribution in [0.15, 0.2) is 29.1 Å². The Morgan fingerprint density at radius 1 is 1.13 bits per heavy atom. The van der Waals surface area contributed by atoms with Crippen molar-refractivity contribution in [3.63, 3.8) is 0 Å². The van der Waals surface area contributed by atoms with Gasteiger partial charge in [-0.3, -0.25) is 9.59 Å². The second-order valence-electron chi connectivity index (χ2n) is 8.21. The molecule has 0 fully saturated rings. The van der Waals surface area contributed by atoms with Crippen molar-refractivity contribution in [1.82, 2.24) is 14.9 Å². The zero-order valence-corrected chi connectivity index (χ0v) is 18.6. The van der Waals surface area contributed by atoms with Crippen LogP contribution in [0.2, 0.25) is 0 Å². The molecule has 0 bridgehead atoms. The van der Waals surface area contributed by atoms with E-state index in [2.05, 4.69) is 22.1 Å². The maximum atomic E-state index is 12.6. The Balaban J connectivity index is 1.40. The number of rotatable bonds is 6. The highest BCUT2D eigenvalue weighted by Gasteiger charge is 2.20. The van der Waals surface area contributed by atoms with Gasteiger partial charge in [0.2, 0.25) is 5.91 Å². The van der Waals surface area contributed by atoms with Gasteiger partial charge in [-0.05, 0) is 48.9 Å². The van der Waals surface area contributed by atoms with Crippen LogP contribution >= 0.6 is 11.3 Å². The molecule has 3 aromatic rings. The lowest BCUT2D eigenvalue weighted by molar-refractivity contribution is -0.130. The summed E-state index contributed by atoms with van der Waals surface area (Å²) in [5.74, 6) is 0.642. The van der Waals surface area contributed by atoms with Gasteiger partial charge in [0.1, 0.15) is 10.7 Å². The van der Waals surface area contributed by atoms with Crippen molar-refractivity contribution in [3.8, 4) is 0 Å². The molecule has 1 N–H and O–H groups in total. The van der Waals surface area contributed by atoms with E-state index in [-0.39, 0.29) is 11.5 Å². The number of H-pyrrole nitrogens is 1. The highest BCUT2D eigenvalue weighted by atomic mass is 32.1. The SMILES string of the molecule is CN(Cc1ccc(N(C)C)cc1)C(=O)CCc1nc2sc3c(c2c(=O)[nH]1)CCCC3.